The summed E-state index contributed by atoms with van der Waals surface area (Å²) in [5, 5.41) is 0.853. The van der Waals surface area contributed by atoms with Gasteiger partial charge in [0.05, 0.1) is 12.1 Å². The van der Waals surface area contributed by atoms with E-state index in [4.69, 9.17) is 6.42 Å². The van der Waals surface area contributed by atoms with Gasteiger partial charge in [0.1, 0.15) is 5.82 Å². The van der Waals surface area contributed by atoms with E-state index >= 15 is 0 Å². The Morgan fingerprint density at radius 1 is 1.33 bits per heavy atom. The molecule has 108 valence electrons. The van der Waals surface area contributed by atoms with E-state index < -0.39 is 0 Å². The first-order valence-corrected chi connectivity index (χ1v) is 7.17. The number of hydrogen-bond acceptors (Lipinski definition) is 2. The lowest BCUT2D eigenvalue weighted by molar-refractivity contribution is 0.0994. The van der Waals surface area contributed by atoms with Crippen molar-refractivity contribution in [3.05, 3.63) is 35.3 Å². The minimum atomic E-state index is -0.229. The lowest BCUT2D eigenvalue weighted by atomic mass is 10.1. The molecule has 3 rings (SSSR count). The quantitative estimate of drug-likeness (QED) is 0.692. The summed E-state index contributed by atoms with van der Waals surface area (Å²) in [5.41, 5.74) is 1.76. The van der Waals surface area contributed by atoms with Gasteiger partial charge in [0, 0.05) is 23.0 Å². The van der Waals surface area contributed by atoms with Crippen LogP contribution in [-0.2, 0) is 6.54 Å². The van der Waals surface area contributed by atoms with Crippen molar-refractivity contribution in [2.75, 3.05) is 13.1 Å². The van der Waals surface area contributed by atoms with Gasteiger partial charge in [-0.1, -0.05) is 5.92 Å². The van der Waals surface area contributed by atoms with Crippen molar-refractivity contribution in [1.82, 2.24) is 9.88 Å². The van der Waals surface area contributed by atoms with Gasteiger partial charge in [-0.05, 0) is 44.1 Å². The average Bonchev–Trinajstić information content (AvgIpc) is 3.08. The molecule has 1 aliphatic rings. The zero-order valence-electron chi connectivity index (χ0n) is 11.8. The number of terminal acetylenes is 1. The summed E-state index contributed by atoms with van der Waals surface area (Å²) in [5.74, 6) is 1.96. The second-order valence-corrected chi connectivity index (χ2v) is 5.50. The van der Waals surface area contributed by atoms with Crippen LogP contribution in [-0.4, -0.2) is 28.8 Å². The van der Waals surface area contributed by atoms with Crippen LogP contribution in [0.5, 0.6) is 0 Å². The van der Waals surface area contributed by atoms with Crippen LogP contribution in [0.4, 0.5) is 4.39 Å². The smallest absolute Gasteiger partial charge is 0.190 e. The molecule has 0 aliphatic carbocycles. The third-order valence-electron chi connectivity index (χ3n) is 3.94. The molecule has 1 aromatic heterocycles. The van der Waals surface area contributed by atoms with Crippen LogP contribution in [0.2, 0.25) is 0 Å². The molecule has 1 N–H and O–H groups in total. The fourth-order valence-corrected chi connectivity index (χ4v) is 2.84. The Balaban J connectivity index is 1.91. The molecule has 0 bridgehead atoms. The summed E-state index contributed by atoms with van der Waals surface area (Å²) in [6, 6.07) is 5.04. The first kappa shape index (κ1) is 13.8. The molecule has 3 nitrogen and oxygen atoms in total. The number of carbonyl (C=O) groups is 1. The molecule has 2 aromatic rings. The first-order chi connectivity index (χ1) is 10.2. The van der Waals surface area contributed by atoms with E-state index in [1.54, 1.807) is 6.07 Å². The highest BCUT2D eigenvalue weighted by molar-refractivity contribution is 6.00. The number of aromatic nitrogens is 1. The third kappa shape index (κ3) is 2.84. The van der Waals surface area contributed by atoms with E-state index in [0.717, 1.165) is 18.5 Å². The monoisotopic (exact) mass is 284 g/mol. The maximum absolute atomic E-state index is 14.2. The molecular formula is C17H17FN2O. The second kappa shape index (κ2) is 5.71. The number of fused-ring (bicyclic) bond motifs is 1. The molecule has 0 atom stereocenters. The molecule has 0 radical (unpaired) electrons. The lowest BCUT2D eigenvalue weighted by Gasteiger charge is -2.15. The Morgan fingerprint density at radius 3 is 2.81 bits per heavy atom. The number of benzene rings is 1. The number of halogens is 1. The number of nitrogens with one attached hydrogen (secondary N) is 1. The molecule has 4 heteroatoms. The van der Waals surface area contributed by atoms with Crippen LogP contribution < -0.4 is 0 Å². The molecule has 0 amide bonds. The van der Waals surface area contributed by atoms with Gasteiger partial charge in [-0.15, -0.1) is 6.42 Å². The second-order valence-electron chi connectivity index (χ2n) is 5.50. The normalized spacial score (nSPS) is 15.4. The zero-order chi connectivity index (χ0) is 14.8. The molecule has 1 aromatic carbocycles. The third-order valence-corrected chi connectivity index (χ3v) is 3.94. The van der Waals surface area contributed by atoms with E-state index in [-0.39, 0.29) is 18.0 Å². The Labute approximate surface area is 123 Å². The van der Waals surface area contributed by atoms with Gasteiger partial charge in [0.15, 0.2) is 5.78 Å². The number of H-pyrrole nitrogens is 1. The number of Topliss-reactive ketones (excluding diaryl/α,β-unsaturated/α-hetero) is 1. The van der Waals surface area contributed by atoms with E-state index in [9.17, 15) is 9.18 Å². The van der Waals surface area contributed by atoms with Crippen molar-refractivity contribution >= 4 is 16.7 Å². The van der Waals surface area contributed by atoms with Gasteiger partial charge in [0.2, 0.25) is 0 Å². The number of likely N-dealkylation sites (tertiary alicyclic amines) is 1. The van der Waals surface area contributed by atoms with Crippen molar-refractivity contribution in [2.24, 2.45) is 0 Å². The van der Waals surface area contributed by atoms with Crippen LogP contribution >= 0.6 is 0 Å². The topological polar surface area (TPSA) is 36.1 Å². The Hall–Kier alpha value is -2.12. The minimum absolute atomic E-state index is 0.0515. The van der Waals surface area contributed by atoms with E-state index in [1.165, 1.54) is 18.9 Å². The fourth-order valence-electron chi connectivity index (χ4n) is 2.84. The van der Waals surface area contributed by atoms with Gasteiger partial charge in [-0.25, -0.2) is 4.39 Å². The number of rotatable bonds is 4. The van der Waals surface area contributed by atoms with E-state index in [0.29, 0.717) is 23.3 Å². The van der Waals surface area contributed by atoms with Crippen molar-refractivity contribution in [3.63, 3.8) is 0 Å². The molecule has 0 unspecified atom stereocenters. The summed E-state index contributed by atoms with van der Waals surface area (Å²) in [7, 11) is 0. The highest BCUT2D eigenvalue weighted by Crippen LogP contribution is 2.23. The number of ketones is 1. The number of aromatic amines is 1. The average molecular weight is 284 g/mol. The summed E-state index contributed by atoms with van der Waals surface area (Å²) >= 11 is 0. The number of carbonyl (C=O) groups excluding carboxylic acids is 1. The van der Waals surface area contributed by atoms with Gasteiger partial charge >= 0.3 is 0 Å². The van der Waals surface area contributed by atoms with Gasteiger partial charge in [-0.3, -0.25) is 9.69 Å². The number of hydrogen-bond donors (Lipinski definition) is 1. The van der Waals surface area contributed by atoms with Gasteiger partial charge in [-0.2, -0.15) is 0 Å². The van der Waals surface area contributed by atoms with Crippen molar-refractivity contribution in [2.45, 2.75) is 25.8 Å². The van der Waals surface area contributed by atoms with Gasteiger partial charge in [0.25, 0.3) is 0 Å². The molecular weight excluding hydrogens is 267 g/mol. The fraction of sp³-hybridized carbons (Fsp3) is 0.353. The molecule has 21 heavy (non-hydrogen) atoms. The van der Waals surface area contributed by atoms with Crippen LogP contribution in [0.25, 0.3) is 10.9 Å². The predicted molar refractivity (Wildman–Crippen MR) is 80.5 cm³/mol. The molecule has 0 saturated carbocycles. The predicted octanol–water partition coefficient (Wildman–Crippen LogP) is 3.11. The largest absolute Gasteiger partial charge is 0.352 e. The van der Waals surface area contributed by atoms with Crippen LogP contribution in [0.3, 0.4) is 0 Å². The summed E-state index contributed by atoms with van der Waals surface area (Å²) in [6.07, 6.45) is 7.56. The maximum Gasteiger partial charge on any atom is 0.190 e. The Kier molecular flexibility index (Phi) is 3.76. The summed E-state index contributed by atoms with van der Waals surface area (Å²) in [4.78, 5) is 17.0. The standard InChI is InChI=1S/C17H17FN2O/c1-2-5-17(21)16-9-12-8-13(11-20-6-3-4-7-20)14(18)10-15(12)19-16/h1,8-10,19H,3-7,11H2. The van der Waals surface area contributed by atoms with Crippen molar-refractivity contribution in [3.8, 4) is 12.3 Å². The van der Waals surface area contributed by atoms with Crippen LogP contribution in [0.1, 0.15) is 35.3 Å². The highest BCUT2D eigenvalue weighted by Gasteiger charge is 2.16. The maximum atomic E-state index is 14.2. The van der Waals surface area contributed by atoms with Crippen molar-refractivity contribution < 1.29 is 9.18 Å². The number of nitrogens with zero attached hydrogens (tertiary/aromatic N) is 1. The summed E-state index contributed by atoms with van der Waals surface area (Å²) < 4.78 is 14.2. The first-order valence-electron chi connectivity index (χ1n) is 7.17. The highest BCUT2D eigenvalue weighted by atomic mass is 19.1. The molecule has 1 saturated heterocycles. The molecule has 1 fully saturated rings. The SMILES string of the molecule is C#CCC(=O)c1cc2cc(CN3CCCC3)c(F)cc2[nH]1. The lowest BCUT2D eigenvalue weighted by Crippen LogP contribution is -2.19. The van der Waals surface area contributed by atoms with E-state index in [1.807, 2.05) is 6.07 Å². The zero-order valence-corrected chi connectivity index (χ0v) is 11.8. The molecule has 2 heterocycles. The Morgan fingerprint density at radius 2 is 2.10 bits per heavy atom. The summed E-state index contributed by atoms with van der Waals surface area (Å²) in [6.45, 7) is 2.67. The molecule has 1 aliphatic heterocycles. The van der Waals surface area contributed by atoms with Gasteiger partial charge < -0.3 is 4.98 Å². The van der Waals surface area contributed by atoms with Crippen LogP contribution in [0.15, 0.2) is 18.2 Å². The van der Waals surface area contributed by atoms with E-state index in [2.05, 4.69) is 15.8 Å². The minimum Gasteiger partial charge on any atom is -0.352 e. The van der Waals surface area contributed by atoms with Crippen molar-refractivity contribution in [1.29, 1.82) is 0 Å². The molecule has 0 spiro atoms. The Bertz CT molecular complexity index is 720. The van der Waals surface area contributed by atoms with Crippen LogP contribution in [0, 0.1) is 18.2 Å².